The SMILES string of the molecule is CC(C)(C)NC(=O)CSc1[nH+]c(N)c(C#N)cc1C#N. The average molecular weight is 290 g/mol. The van der Waals surface area contributed by atoms with Gasteiger partial charge >= 0.3 is 0 Å². The Bertz CT molecular complexity index is 607. The molecule has 0 aliphatic heterocycles. The van der Waals surface area contributed by atoms with E-state index in [1.165, 1.54) is 17.8 Å². The van der Waals surface area contributed by atoms with Crippen molar-refractivity contribution < 1.29 is 9.78 Å². The number of hydrogen-bond acceptors (Lipinski definition) is 5. The lowest BCUT2D eigenvalue weighted by Gasteiger charge is -2.20. The minimum atomic E-state index is -0.302. The second kappa shape index (κ2) is 6.27. The first-order valence-corrected chi connectivity index (χ1v) is 6.85. The quantitative estimate of drug-likeness (QED) is 0.800. The van der Waals surface area contributed by atoms with Crippen LogP contribution in [0.4, 0.5) is 5.82 Å². The molecule has 0 radical (unpaired) electrons. The van der Waals surface area contributed by atoms with Crippen LogP contribution in [0.1, 0.15) is 31.9 Å². The predicted octanol–water partition coefficient (Wildman–Crippen LogP) is 0.833. The molecule has 0 spiro atoms. The van der Waals surface area contributed by atoms with Crippen LogP contribution in [0, 0.1) is 22.7 Å². The van der Waals surface area contributed by atoms with E-state index >= 15 is 0 Å². The molecule has 0 atom stereocenters. The van der Waals surface area contributed by atoms with E-state index in [9.17, 15) is 4.79 Å². The molecule has 1 heterocycles. The first-order chi connectivity index (χ1) is 9.26. The fraction of sp³-hybridized carbons (Fsp3) is 0.385. The minimum Gasteiger partial charge on any atom is -0.351 e. The van der Waals surface area contributed by atoms with Crippen LogP contribution < -0.4 is 16.0 Å². The summed E-state index contributed by atoms with van der Waals surface area (Å²) in [6.45, 7) is 5.67. The number of nitrogen functional groups attached to an aromatic ring is 1. The highest BCUT2D eigenvalue weighted by molar-refractivity contribution is 7.99. The Morgan fingerprint density at radius 2 is 2.00 bits per heavy atom. The number of thioether (sulfide) groups is 1. The van der Waals surface area contributed by atoms with Crippen molar-refractivity contribution in [3.63, 3.8) is 0 Å². The molecule has 6 nitrogen and oxygen atoms in total. The van der Waals surface area contributed by atoms with E-state index in [-0.39, 0.29) is 28.6 Å². The van der Waals surface area contributed by atoms with Crippen molar-refractivity contribution in [3.05, 3.63) is 17.2 Å². The standard InChI is InChI=1S/C13H15N5OS/c1-13(2,3)18-10(19)7-20-12-9(6-15)4-8(5-14)11(16)17-12/h4H,7H2,1-3H3,(H2,16,17)(H,18,19)/p+1. The van der Waals surface area contributed by atoms with Crippen LogP contribution in [0.5, 0.6) is 0 Å². The van der Waals surface area contributed by atoms with Crippen molar-refractivity contribution in [3.8, 4) is 12.1 Å². The maximum atomic E-state index is 11.7. The molecule has 0 saturated heterocycles. The summed E-state index contributed by atoms with van der Waals surface area (Å²) in [4.78, 5) is 14.5. The topological polar surface area (TPSA) is 117 Å². The summed E-state index contributed by atoms with van der Waals surface area (Å²) in [5.41, 5.74) is 5.87. The van der Waals surface area contributed by atoms with E-state index in [2.05, 4.69) is 10.3 Å². The normalized spacial score (nSPS) is 10.4. The van der Waals surface area contributed by atoms with Gasteiger partial charge in [-0.1, -0.05) is 11.8 Å². The maximum absolute atomic E-state index is 11.7. The molecule has 0 aromatic carbocycles. The lowest BCUT2D eigenvalue weighted by Crippen LogP contribution is -2.41. The number of amides is 1. The Labute approximate surface area is 122 Å². The number of carbonyl (C=O) groups excluding carboxylic acids is 1. The largest absolute Gasteiger partial charge is 0.351 e. The van der Waals surface area contributed by atoms with E-state index in [0.29, 0.717) is 10.6 Å². The summed E-state index contributed by atoms with van der Waals surface area (Å²) in [5, 5.41) is 21.2. The molecule has 1 aromatic heterocycles. The number of carbonyl (C=O) groups is 1. The van der Waals surface area contributed by atoms with Crippen LogP contribution >= 0.6 is 11.8 Å². The summed E-state index contributed by atoms with van der Waals surface area (Å²) in [6.07, 6.45) is 0. The van der Waals surface area contributed by atoms with Crippen molar-refractivity contribution >= 4 is 23.5 Å². The molecule has 0 fully saturated rings. The summed E-state index contributed by atoms with van der Waals surface area (Å²) >= 11 is 1.17. The van der Waals surface area contributed by atoms with Crippen molar-refractivity contribution in [1.29, 1.82) is 10.5 Å². The number of pyridine rings is 1. The average Bonchev–Trinajstić information content (AvgIpc) is 2.34. The molecular weight excluding hydrogens is 274 g/mol. The van der Waals surface area contributed by atoms with Gasteiger partial charge in [-0.15, -0.1) is 0 Å². The Hall–Kier alpha value is -2.25. The lowest BCUT2D eigenvalue weighted by atomic mass is 10.1. The molecule has 20 heavy (non-hydrogen) atoms. The third-order valence-electron chi connectivity index (χ3n) is 2.17. The van der Waals surface area contributed by atoms with Gasteiger partial charge in [0, 0.05) is 5.54 Å². The first-order valence-electron chi connectivity index (χ1n) is 5.86. The van der Waals surface area contributed by atoms with E-state index in [1.807, 2.05) is 32.9 Å². The van der Waals surface area contributed by atoms with Gasteiger partial charge < -0.3 is 5.32 Å². The summed E-state index contributed by atoms with van der Waals surface area (Å²) < 4.78 is 0. The molecule has 0 saturated carbocycles. The third kappa shape index (κ3) is 4.45. The zero-order chi connectivity index (χ0) is 15.3. The van der Waals surface area contributed by atoms with Crippen molar-refractivity contribution in [2.45, 2.75) is 31.3 Å². The molecule has 0 aliphatic carbocycles. The molecular formula is C13H16N5OS+. The van der Waals surface area contributed by atoms with Crippen LogP contribution in [-0.4, -0.2) is 17.2 Å². The Balaban J connectivity index is 2.84. The molecule has 1 rings (SSSR count). The van der Waals surface area contributed by atoms with Crippen LogP contribution in [0.3, 0.4) is 0 Å². The van der Waals surface area contributed by atoms with Gasteiger partial charge in [-0.05, 0) is 26.8 Å². The smallest absolute Gasteiger partial charge is 0.289 e. The number of nitrogens with one attached hydrogen (secondary N) is 2. The number of anilines is 1. The van der Waals surface area contributed by atoms with Gasteiger partial charge in [0.2, 0.25) is 5.91 Å². The van der Waals surface area contributed by atoms with Gasteiger partial charge in [-0.3, -0.25) is 10.5 Å². The van der Waals surface area contributed by atoms with E-state index in [4.69, 9.17) is 16.3 Å². The summed E-state index contributed by atoms with van der Waals surface area (Å²) in [5.74, 6) is 0.210. The fourth-order valence-electron chi connectivity index (χ4n) is 1.43. The summed E-state index contributed by atoms with van der Waals surface area (Å²) in [6, 6.07) is 5.29. The molecule has 1 aromatic rings. The van der Waals surface area contributed by atoms with Crippen LogP contribution in [0.15, 0.2) is 11.1 Å². The number of aromatic amines is 1. The van der Waals surface area contributed by atoms with Gasteiger partial charge in [0.15, 0.2) is 5.03 Å². The second-order valence-corrected chi connectivity index (χ2v) is 6.14. The Morgan fingerprint density at radius 3 is 2.50 bits per heavy atom. The predicted molar refractivity (Wildman–Crippen MR) is 75.5 cm³/mol. The summed E-state index contributed by atoms with van der Waals surface area (Å²) in [7, 11) is 0. The number of rotatable bonds is 3. The van der Waals surface area contributed by atoms with Crippen molar-refractivity contribution in [2.75, 3.05) is 11.5 Å². The fourth-order valence-corrected chi connectivity index (χ4v) is 2.22. The van der Waals surface area contributed by atoms with Crippen LogP contribution in [-0.2, 0) is 4.79 Å². The van der Waals surface area contributed by atoms with Crippen LogP contribution in [0.2, 0.25) is 0 Å². The minimum absolute atomic E-state index is 0.136. The van der Waals surface area contributed by atoms with Gasteiger partial charge in [-0.25, -0.2) is 4.98 Å². The highest BCUT2D eigenvalue weighted by atomic mass is 32.2. The zero-order valence-corrected chi connectivity index (χ0v) is 12.4. The van der Waals surface area contributed by atoms with Crippen molar-refractivity contribution in [2.24, 2.45) is 0 Å². The number of nitrogens with two attached hydrogens (primary N) is 1. The molecule has 4 N–H and O–H groups in total. The molecule has 7 heteroatoms. The van der Waals surface area contributed by atoms with Gasteiger partial charge in [0.25, 0.3) is 5.82 Å². The maximum Gasteiger partial charge on any atom is 0.289 e. The van der Waals surface area contributed by atoms with Crippen LogP contribution in [0.25, 0.3) is 0 Å². The number of H-pyrrole nitrogens is 1. The van der Waals surface area contributed by atoms with E-state index in [0.717, 1.165) is 0 Å². The number of nitriles is 2. The number of nitrogens with zero attached hydrogens (tertiary/aromatic N) is 2. The highest BCUT2D eigenvalue weighted by Gasteiger charge is 2.18. The van der Waals surface area contributed by atoms with E-state index in [1.54, 1.807) is 0 Å². The number of hydrogen-bond donors (Lipinski definition) is 2. The third-order valence-corrected chi connectivity index (χ3v) is 3.19. The molecule has 0 bridgehead atoms. The molecule has 0 aliphatic rings. The Morgan fingerprint density at radius 1 is 1.40 bits per heavy atom. The number of aromatic nitrogens is 1. The monoisotopic (exact) mass is 290 g/mol. The Kier molecular flexibility index (Phi) is 4.95. The van der Waals surface area contributed by atoms with E-state index < -0.39 is 0 Å². The second-order valence-electron chi connectivity index (χ2n) is 5.15. The first kappa shape index (κ1) is 15.8. The molecule has 0 unspecified atom stereocenters. The molecule has 104 valence electrons. The molecule has 1 amide bonds. The highest BCUT2D eigenvalue weighted by Crippen LogP contribution is 2.20. The van der Waals surface area contributed by atoms with Crippen molar-refractivity contribution in [1.82, 2.24) is 5.32 Å². The van der Waals surface area contributed by atoms with Gasteiger partial charge in [0.05, 0.1) is 5.75 Å². The van der Waals surface area contributed by atoms with Gasteiger partial charge in [-0.2, -0.15) is 10.5 Å². The van der Waals surface area contributed by atoms with Gasteiger partial charge in [0.1, 0.15) is 23.3 Å². The lowest BCUT2D eigenvalue weighted by molar-refractivity contribution is -0.410. The zero-order valence-electron chi connectivity index (χ0n) is 11.6.